The number of hydrogen-bond acceptors (Lipinski definition) is 5. The standard InChI is InChI=1S/C17H19FN4O3/c18-13-3-1-2-12(8-13)10-21-4-6-22(7-5-21)15(23)9-14-16(24)19-11-20-17(14)25/h1-3,8,11H,4-7,9-10H2,(H2,19,20,24,25). The summed E-state index contributed by atoms with van der Waals surface area (Å²) in [5, 5.41) is 9.63. The van der Waals surface area contributed by atoms with E-state index in [1.807, 2.05) is 6.07 Å². The molecule has 0 unspecified atom stereocenters. The Balaban J connectivity index is 1.55. The quantitative estimate of drug-likeness (QED) is 0.842. The minimum Gasteiger partial charge on any atom is -0.493 e. The normalized spacial score (nSPS) is 15.3. The van der Waals surface area contributed by atoms with Gasteiger partial charge in [0.05, 0.1) is 18.3 Å². The van der Waals surface area contributed by atoms with E-state index in [0.29, 0.717) is 32.7 Å². The number of H-pyrrole nitrogens is 1. The maximum absolute atomic E-state index is 13.2. The monoisotopic (exact) mass is 346 g/mol. The van der Waals surface area contributed by atoms with Gasteiger partial charge in [0.25, 0.3) is 5.56 Å². The van der Waals surface area contributed by atoms with Gasteiger partial charge in [0.15, 0.2) is 0 Å². The molecular formula is C17H19FN4O3. The highest BCUT2D eigenvalue weighted by Gasteiger charge is 2.23. The highest BCUT2D eigenvalue weighted by molar-refractivity contribution is 5.79. The van der Waals surface area contributed by atoms with Crippen molar-refractivity contribution < 1.29 is 14.3 Å². The minimum atomic E-state index is -0.509. The molecule has 8 heteroatoms. The highest BCUT2D eigenvalue weighted by Crippen LogP contribution is 2.13. The van der Waals surface area contributed by atoms with E-state index < -0.39 is 11.4 Å². The van der Waals surface area contributed by atoms with Crippen LogP contribution in [0.15, 0.2) is 35.4 Å². The van der Waals surface area contributed by atoms with E-state index in [9.17, 15) is 19.1 Å². The van der Waals surface area contributed by atoms with Crippen molar-refractivity contribution in [2.24, 2.45) is 0 Å². The van der Waals surface area contributed by atoms with Gasteiger partial charge >= 0.3 is 0 Å². The van der Waals surface area contributed by atoms with Crippen molar-refractivity contribution >= 4 is 5.91 Å². The van der Waals surface area contributed by atoms with Gasteiger partial charge in [-0.3, -0.25) is 14.5 Å². The minimum absolute atomic E-state index is 0.0188. The lowest BCUT2D eigenvalue weighted by molar-refractivity contribution is -0.132. The summed E-state index contributed by atoms with van der Waals surface area (Å²) < 4.78 is 13.2. The first-order chi connectivity index (χ1) is 12.0. The smallest absolute Gasteiger partial charge is 0.258 e. The number of carbonyl (C=O) groups is 1. The van der Waals surface area contributed by atoms with Gasteiger partial charge in [-0.2, -0.15) is 0 Å². The number of piperazine rings is 1. The van der Waals surface area contributed by atoms with Crippen LogP contribution in [0, 0.1) is 5.82 Å². The first-order valence-corrected chi connectivity index (χ1v) is 8.03. The summed E-state index contributed by atoms with van der Waals surface area (Å²) in [6, 6.07) is 6.48. The van der Waals surface area contributed by atoms with Crippen molar-refractivity contribution in [2.45, 2.75) is 13.0 Å². The van der Waals surface area contributed by atoms with E-state index in [1.165, 1.54) is 12.1 Å². The maximum atomic E-state index is 13.2. The van der Waals surface area contributed by atoms with Gasteiger partial charge in [-0.15, -0.1) is 0 Å². The Morgan fingerprint density at radius 3 is 2.72 bits per heavy atom. The average molecular weight is 346 g/mol. The first-order valence-electron chi connectivity index (χ1n) is 8.03. The van der Waals surface area contributed by atoms with E-state index in [4.69, 9.17) is 0 Å². The summed E-state index contributed by atoms with van der Waals surface area (Å²) in [4.78, 5) is 33.8. The number of aromatic hydroxyl groups is 1. The van der Waals surface area contributed by atoms with Crippen LogP contribution in [0.25, 0.3) is 0 Å². The molecule has 0 spiro atoms. The van der Waals surface area contributed by atoms with Gasteiger partial charge in [0, 0.05) is 32.7 Å². The van der Waals surface area contributed by atoms with Crippen molar-refractivity contribution in [3.63, 3.8) is 0 Å². The number of nitrogens with zero attached hydrogens (tertiary/aromatic N) is 3. The predicted molar refractivity (Wildman–Crippen MR) is 88.5 cm³/mol. The number of rotatable bonds is 4. The van der Waals surface area contributed by atoms with E-state index in [0.717, 1.165) is 11.9 Å². The molecule has 7 nitrogen and oxygen atoms in total. The Morgan fingerprint density at radius 2 is 2.04 bits per heavy atom. The SMILES string of the molecule is O=C(Cc1c(O)nc[nH]c1=O)N1CCN(Cc2cccc(F)c2)CC1. The number of carbonyl (C=O) groups excluding carboxylic acids is 1. The maximum Gasteiger partial charge on any atom is 0.258 e. The number of amides is 1. The molecule has 2 heterocycles. The van der Waals surface area contributed by atoms with Crippen molar-refractivity contribution in [1.82, 2.24) is 19.8 Å². The highest BCUT2D eigenvalue weighted by atomic mass is 19.1. The molecular weight excluding hydrogens is 327 g/mol. The second-order valence-electron chi connectivity index (χ2n) is 6.00. The molecule has 2 N–H and O–H groups in total. The molecule has 1 amide bonds. The van der Waals surface area contributed by atoms with Crippen molar-refractivity contribution in [1.29, 1.82) is 0 Å². The number of aromatic amines is 1. The van der Waals surface area contributed by atoms with E-state index >= 15 is 0 Å². The van der Waals surface area contributed by atoms with Gasteiger partial charge in [0.2, 0.25) is 11.8 Å². The van der Waals surface area contributed by atoms with Crippen LogP contribution in [0.3, 0.4) is 0 Å². The van der Waals surface area contributed by atoms with Gasteiger partial charge in [0.1, 0.15) is 5.82 Å². The fourth-order valence-corrected chi connectivity index (χ4v) is 2.89. The Morgan fingerprint density at radius 1 is 1.28 bits per heavy atom. The van der Waals surface area contributed by atoms with Crippen LogP contribution in [-0.2, 0) is 17.8 Å². The number of nitrogens with one attached hydrogen (secondary N) is 1. The van der Waals surface area contributed by atoms with Crippen molar-refractivity contribution in [3.8, 4) is 5.88 Å². The zero-order valence-electron chi connectivity index (χ0n) is 13.6. The molecule has 0 bridgehead atoms. The lowest BCUT2D eigenvalue weighted by atomic mass is 10.1. The first kappa shape index (κ1) is 17.1. The molecule has 1 aromatic carbocycles. The molecule has 132 valence electrons. The molecule has 1 aliphatic heterocycles. The number of hydrogen-bond donors (Lipinski definition) is 2. The second kappa shape index (κ2) is 7.43. The molecule has 3 rings (SSSR count). The molecule has 1 fully saturated rings. The van der Waals surface area contributed by atoms with Crippen LogP contribution in [0.5, 0.6) is 5.88 Å². The molecule has 2 aromatic rings. The molecule has 0 aliphatic carbocycles. The van der Waals surface area contributed by atoms with Gasteiger partial charge in [-0.1, -0.05) is 12.1 Å². The van der Waals surface area contributed by atoms with Gasteiger partial charge < -0.3 is 15.0 Å². The summed E-state index contributed by atoms with van der Waals surface area (Å²) in [5.41, 5.74) is 0.367. The molecule has 0 saturated carbocycles. The summed E-state index contributed by atoms with van der Waals surface area (Å²) in [6.07, 6.45) is 0.912. The Hall–Kier alpha value is -2.74. The number of aromatic nitrogens is 2. The van der Waals surface area contributed by atoms with Crippen LogP contribution < -0.4 is 5.56 Å². The fourth-order valence-electron chi connectivity index (χ4n) is 2.89. The van der Waals surface area contributed by atoms with Crippen LogP contribution in [0.4, 0.5) is 4.39 Å². The Labute approximate surface area is 143 Å². The van der Waals surface area contributed by atoms with Crippen LogP contribution in [0.2, 0.25) is 0 Å². The summed E-state index contributed by atoms with van der Waals surface area (Å²) in [6.45, 7) is 3.00. The third kappa shape index (κ3) is 4.21. The van der Waals surface area contributed by atoms with Gasteiger partial charge in [-0.25, -0.2) is 9.37 Å². The zero-order chi connectivity index (χ0) is 17.8. The van der Waals surface area contributed by atoms with E-state index in [1.54, 1.807) is 11.0 Å². The van der Waals surface area contributed by atoms with Crippen molar-refractivity contribution in [2.75, 3.05) is 26.2 Å². The Bertz CT molecular complexity index is 816. The fraction of sp³-hybridized carbons (Fsp3) is 0.353. The van der Waals surface area contributed by atoms with Gasteiger partial charge in [-0.05, 0) is 17.7 Å². The molecule has 1 saturated heterocycles. The largest absolute Gasteiger partial charge is 0.493 e. The third-order valence-corrected chi connectivity index (χ3v) is 4.27. The third-order valence-electron chi connectivity index (χ3n) is 4.27. The predicted octanol–water partition coefficient (Wildman–Crippen LogP) is 0.501. The molecule has 1 aliphatic rings. The topological polar surface area (TPSA) is 89.5 Å². The molecule has 1 aromatic heterocycles. The average Bonchev–Trinajstić information content (AvgIpc) is 2.59. The lowest BCUT2D eigenvalue weighted by Crippen LogP contribution is -2.49. The molecule has 0 atom stereocenters. The van der Waals surface area contributed by atoms with E-state index in [2.05, 4.69) is 14.9 Å². The molecule has 0 radical (unpaired) electrons. The number of halogens is 1. The lowest BCUT2D eigenvalue weighted by Gasteiger charge is -2.34. The summed E-state index contributed by atoms with van der Waals surface area (Å²) in [5.74, 6) is -0.895. The van der Waals surface area contributed by atoms with Crippen LogP contribution in [-0.4, -0.2) is 57.0 Å². The van der Waals surface area contributed by atoms with Crippen LogP contribution in [0.1, 0.15) is 11.1 Å². The number of benzene rings is 1. The van der Waals surface area contributed by atoms with Crippen molar-refractivity contribution in [3.05, 3.63) is 57.9 Å². The van der Waals surface area contributed by atoms with E-state index in [-0.39, 0.29) is 23.7 Å². The molecule has 25 heavy (non-hydrogen) atoms. The summed E-state index contributed by atoms with van der Waals surface area (Å²) in [7, 11) is 0. The van der Waals surface area contributed by atoms with Crippen LogP contribution >= 0.6 is 0 Å². The zero-order valence-corrected chi connectivity index (χ0v) is 13.6. The Kier molecular flexibility index (Phi) is 5.08. The second-order valence-corrected chi connectivity index (χ2v) is 6.00. The summed E-state index contributed by atoms with van der Waals surface area (Å²) >= 11 is 0.